The summed E-state index contributed by atoms with van der Waals surface area (Å²) in [4.78, 5) is 29.5. The van der Waals surface area contributed by atoms with E-state index in [9.17, 15) is 18.4 Å². The predicted octanol–water partition coefficient (Wildman–Crippen LogP) is 4.25. The molecule has 30 heavy (non-hydrogen) atoms. The highest BCUT2D eigenvalue weighted by Crippen LogP contribution is 2.25. The van der Waals surface area contributed by atoms with Crippen LogP contribution in [0.3, 0.4) is 0 Å². The molecule has 2 N–H and O–H groups in total. The standard InChI is InChI=1S/C23H15F2N3O2/c24-15-11-9-14(10-12-15)21-13-18(16-5-2-4-8-20(16)26-21)23(30)28-27-22(29)17-6-1-3-7-19(17)25/h1-13H,(H,27,29)(H,28,30). The number of hydrazine groups is 1. The minimum absolute atomic E-state index is 0.190. The molecule has 0 aliphatic carbocycles. The van der Waals surface area contributed by atoms with Crippen LogP contribution < -0.4 is 10.9 Å². The maximum Gasteiger partial charge on any atom is 0.272 e. The maximum absolute atomic E-state index is 13.8. The number of hydrogen-bond donors (Lipinski definition) is 2. The van der Waals surface area contributed by atoms with Crippen LogP contribution in [0, 0.1) is 11.6 Å². The molecule has 5 nitrogen and oxygen atoms in total. The molecule has 0 bridgehead atoms. The Bertz CT molecular complexity index is 1260. The third kappa shape index (κ3) is 3.86. The minimum Gasteiger partial charge on any atom is -0.267 e. The molecule has 0 fully saturated rings. The number of pyridine rings is 1. The van der Waals surface area contributed by atoms with Crippen LogP contribution in [0.1, 0.15) is 20.7 Å². The molecule has 0 saturated heterocycles. The van der Waals surface area contributed by atoms with Gasteiger partial charge in [-0.05, 0) is 48.5 Å². The fourth-order valence-corrected chi connectivity index (χ4v) is 3.03. The molecule has 2 amide bonds. The van der Waals surface area contributed by atoms with Crippen LogP contribution >= 0.6 is 0 Å². The first kappa shape index (κ1) is 19.2. The van der Waals surface area contributed by atoms with Crippen molar-refractivity contribution in [3.63, 3.8) is 0 Å². The van der Waals surface area contributed by atoms with Gasteiger partial charge in [0, 0.05) is 10.9 Å². The number of amides is 2. The van der Waals surface area contributed by atoms with Gasteiger partial charge in [-0.1, -0.05) is 30.3 Å². The van der Waals surface area contributed by atoms with E-state index in [1.165, 1.54) is 30.3 Å². The second-order valence-electron chi connectivity index (χ2n) is 6.47. The highest BCUT2D eigenvalue weighted by molar-refractivity contribution is 6.08. The average Bonchev–Trinajstić information content (AvgIpc) is 2.77. The molecule has 0 unspecified atom stereocenters. The Labute approximate surface area is 170 Å². The number of nitrogens with one attached hydrogen (secondary N) is 2. The summed E-state index contributed by atoms with van der Waals surface area (Å²) in [7, 11) is 0. The first-order valence-electron chi connectivity index (χ1n) is 9.04. The maximum atomic E-state index is 13.8. The van der Waals surface area contributed by atoms with Gasteiger partial charge in [-0.25, -0.2) is 13.8 Å². The fraction of sp³-hybridized carbons (Fsp3) is 0. The normalized spacial score (nSPS) is 10.6. The van der Waals surface area contributed by atoms with Crippen molar-refractivity contribution in [2.75, 3.05) is 0 Å². The van der Waals surface area contributed by atoms with E-state index in [0.29, 0.717) is 22.2 Å². The van der Waals surface area contributed by atoms with Gasteiger partial charge in [-0.15, -0.1) is 0 Å². The molecule has 4 rings (SSSR count). The summed E-state index contributed by atoms with van der Waals surface area (Å²) in [6.45, 7) is 0. The number of carbonyl (C=O) groups is 2. The zero-order valence-electron chi connectivity index (χ0n) is 15.5. The molecule has 4 aromatic rings. The van der Waals surface area contributed by atoms with Crippen LogP contribution in [-0.4, -0.2) is 16.8 Å². The van der Waals surface area contributed by atoms with Crippen LogP contribution in [0.15, 0.2) is 78.9 Å². The van der Waals surface area contributed by atoms with Crippen LogP contribution in [-0.2, 0) is 0 Å². The van der Waals surface area contributed by atoms with Gasteiger partial charge in [0.15, 0.2) is 0 Å². The number of aromatic nitrogens is 1. The number of carbonyl (C=O) groups excluding carboxylic acids is 2. The molecular formula is C23H15F2N3O2. The fourth-order valence-electron chi connectivity index (χ4n) is 3.03. The highest BCUT2D eigenvalue weighted by atomic mass is 19.1. The van der Waals surface area contributed by atoms with E-state index in [2.05, 4.69) is 15.8 Å². The Morgan fingerprint density at radius 2 is 1.37 bits per heavy atom. The van der Waals surface area contributed by atoms with Crippen molar-refractivity contribution in [2.24, 2.45) is 0 Å². The molecule has 1 aromatic heterocycles. The van der Waals surface area contributed by atoms with Crippen molar-refractivity contribution in [1.29, 1.82) is 0 Å². The number of nitrogens with zero attached hydrogens (tertiary/aromatic N) is 1. The summed E-state index contributed by atoms with van der Waals surface area (Å²) in [5, 5.41) is 0.570. The second-order valence-corrected chi connectivity index (χ2v) is 6.47. The molecule has 1 heterocycles. The third-order valence-corrected chi connectivity index (χ3v) is 4.51. The minimum atomic E-state index is -0.779. The molecule has 0 aliphatic heterocycles. The summed E-state index contributed by atoms with van der Waals surface area (Å²) in [5.41, 5.74) is 6.26. The predicted molar refractivity (Wildman–Crippen MR) is 108 cm³/mol. The topological polar surface area (TPSA) is 71.1 Å². The Balaban J connectivity index is 1.65. The van der Waals surface area contributed by atoms with Gasteiger partial charge in [0.25, 0.3) is 11.8 Å². The van der Waals surface area contributed by atoms with E-state index in [4.69, 9.17) is 0 Å². The smallest absolute Gasteiger partial charge is 0.267 e. The van der Waals surface area contributed by atoms with Crippen LogP contribution in [0.5, 0.6) is 0 Å². The third-order valence-electron chi connectivity index (χ3n) is 4.51. The first-order valence-corrected chi connectivity index (χ1v) is 9.04. The van der Waals surface area contributed by atoms with E-state index in [0.717, 1.165) is 6.07 Å². The summed E-state index contributed by atoms with van der Waals surface area (Å²) >= 11 is 0. The SMILES string of the molecule is O=C(NNC(=O)c1cc(-c2ccc(F)cc2)nc2ccccc12)c1ccccc1F. The van der Waals surface area contributed by atoms with Crippen molar-refractivity contribution in [3.8, 4) is 11.3 Å². The van der Waals surface area contributed by atoms with Crippen LogP contribution in [0.2, 0.25) is 0 Å². The molecule has 0 radical (unpaired) electrons. The molecular weight excluding hydrogens is 388 g/mol. The molecule has 0 aliphatic rings. The van der Waals surface area contributed by atoms with Crippen molar-refractivity contribution < 1.29 is 18.4 Å². The molecule has 7 heteroatoms. The summed E-state index contributed by atoms with van der Waals surface area (Å²) < 4.78 is 27.0. The van der Waals surface area contributed by atoms with E-state index >= 15 is 0 Å². The van der Waals surface area contributed by atoms with Gasteiger partial charge < -0.3 is 0 Å². The van der Waals surface area contributed by atoms with E-state index in [-0.39, 0.29) is 16.9 Å². The van der Waals surface area contributed by atoms with Gasteiger partial charge in [0.2, 0.25) is 0 Å². The molecule has 0 atom stereocenters. The number of halogens is 2. The van der Waals surface area contributed by atoms with E-state index < -0.39 is 17.6 Å². The lowest BCUT2D eigenvalue weighted by atomic mass is 10.0. The summed E-state index contributed by atoms with van der Waals surface area (Å²) in [6, 6.07) is 19.8. The quantitative estimate of drug-likeness (QED) is 0.502. The average molecular weight is 403 g/mol. The van der Waals surface area contributed by atoms with Crippen molar-refractivity contribution >= 4 is 22.7 Å². The van der Waals surface area contributed by atoms with Crippen molar-refractivity contribution in [2.45, 2.75) is 0 Å². The Morgan fingerprint density at radius 1 is 0.733 bits per heavy atom. The lowest BCUT2D eigenvalue weighted by Crippen LogP contribution is -2.42. The Hall–Kier alpha value is -4.13. The van der Waals surface area contributed by atoms with Crippen molar-refractivity contribution in [1.82, 2.24) is 15.8 Å². The molecule has 148 valence electrons. The summed E-state index contributed by atoms with van der Waals surface area (Å²) in [6.07, 6.45) is 0. The van der Waals surface area contributed by atoms with Gasteiger partial charge in [0.05, 0.1) is 22.3 Å². The Kier molecular flexibility index (Phi) is 5.17. The number of benzene rings is 3. The molecule has 0 saturated carbocycles. The Morgan fingerprint density at radius 3 is 2.10 bits per heavy atom. The number of rotatable bonds is 3. The first-order chi connectivity index (χ1) is 14.5. The van der Waals surface area contributed by atoms with Gasteiger partial charge >= 0.3 is 0 Å². The van der Waals surface area contributed by atoms with E-state index in [1.54, 1.807) is 42.5 Å². The zero-order valence-corrected chi connectivity index (χ0v) is 15.5. The van der Waals surface area contributed by atoms with Crippen LogP contribution in [0.4, 0.5) is 8.78 Å². The molecule has 3 aromatic carbocycles. The van der Waals surface area contributed by atoms with Crippen molar-refractivity contribution in [3.05, 3.63) is 102 Å². The highest BCUT2D eigenvalue weighted by Gasteiger charge is 2.16. The number of para-hydroxylation sites is 1. The second kappa shape index (κ2) is 8.08. The lowest BCUT2D eigenvalue weighted by Gasteiger charge is -2.12. The van der Waals surface area contributed by atoms with Gasteiger partial charge in [-0.2, -0.15) is 0 Å². The monoisotopic (exact) mass is 403 g/mol. The number of hydrogen-bond acceptors (Lipinski definition) is 3. The van der Waals surface area contributed by atoms with Crippen LogP contribution in [0.25, 0.3) is 22.2 Å². The lowest BCUT2D eigenvalue weighted by molar-refractivity contribution is 0.0845. The summed E-state index contributed by atoms with van der Waals surface area (Å²) in [5.74, 6) is -2.45. The van der Waals surface area contributed by atoms with Gasteiger partial charge in [-0.3, -0.25) is 20.4 Å². The zero-order chi connectivity index (χ0) is 21.1. The molecule has 0 spiro atoms. The van der Waals surface area contributed by atoms with E-state index in [1.807, 2.05) is 0 Å². The van der Waals surface area contributed by atoms with Gasteiger partial charge in [0.1, 0.15) is 11.6 Å². The largest absolute Gasteiger partial charge is 0.272 e. The number of fused-ring (bicyclic) bond motifs is 1.